The highest BCUT2D eigenvalue weighted by Gasteiger charge is 2.30. The van der Waals surface area contributed by atoms with Crippen LogP contribution in [-0.4, -0.2) is 34.0 Å². The van der Waals surface area contributed by atoms with Gasteiger partial charge in [-0.25, -0.2) is 0 Å². The quantitative estimate of drug-likeness (QED) is 0.826. The number of nitriles is 1. The van der Waals surface area contributed by atoms with E-state index in [9.17, 15) is 10.1 Å². The van der Waals surface area contributed by atoms with Crippen molar-refractivity contribution in [3.8, 4) is 6.07 Å². The van der Waals surface area contributed by atoms with Crippen molar-refractivity contribution in [2.75, 3.05) is 13.1 Å². The summed E-state index contributed by atoms with van der Waals surface area (Å²) in [6.45, 7) is 1.23. The van der Waals surface area contributed by atoms with Crippen LogP contribution in [0.3, 0.4) is 0 Å². The number of aliphatic carboxylic acids is 1. The van der Waals surface area contributed by atoms with E-state index in [1.54, 1.807) is 6.20 Å². The van der Waals surface area contributed by atoms with Crippen molar-refractivity contribution < 1.29 is 9.90 Å². The van der Waals surface area contributed by atoms with Crippen molar-refractivity contribution in [3.63, 3.8) is 0 Å². The van der Waals surface area contributed by atoms with Crippen molar-refractivity contribution in [1.29, 1.82) is 5.26 Å². The Labute approximate surface area is 99.7 Å². The molecule has 0 spiro atoms. The van der Waals surface area contributed by atoms with E-state index in [1.807, 2.05) is 17.0 Å². The van der Waals surface area contributed by atoms with Gasteiger partial charge in [0.15, 0.2) is 0 Å². The fourth-order valence-electron chi connectivity index (χ4n) is 2.30. The standard InChI is InChI=1S/C12H15N3O2/c13-7-11(10-4-1-5-14-10)15-6-2-3-9(8-15)12(16)17/h1,4-5,9,11,14H,2-3,6,8H2,(H,16,17). The van der Waals surface area contributed by atoms with Gasteiger partial charge in [-0.15, -0.1) is 0 Å². The maximum atomic E-state index is 11.0. The lowest BCUT2D eigenvalue weighted by atomic mass is 9.96. The topological polar surface area (TPSA) is 80.1 Å². The summed E-state index contributed by atoms with van der Waals surface area (Å²) in [6.07, 6.45) is 3.31. The van der Waals surface area contributed by atoms with Crippen LogP contribution in [0.2, 0.25) is 0 Å². The van der Waals surface area contributed by atoms with Crippen LogP contribution in [0.15, 0.2) is 18.3 Å². The molecule has 0 bridgehead atoms. The van der Waals surface area contributed by atoms with Gasteiger partial charge in [0.1, 0.15) is 6.04 Å². The number of hydrogen-bond donors (Lipinski definition) is 2. The average Bonchev–Trinajstić information content (AvgIpc) is 2.84. The average molecular weight is 233 g/mol. The minimum atomic E-state index is -0.766. The first-order valence-corrected chi connectivity index (χ1v) is 5.72. The van der Waals surface area contributed by atoms with Gasteiger partial charge in [-0.2, -0.15) is 5.26 Å². The van der Waals surface area contributed by atoms with Gasteiger partial charge in [-0.3, -0.25) is 9.69 Å². The number of likely N-dealkylation sites (tertiary alicyclic amines) is 1. The number of piperidine rings is 1. The highest BCUT2D eigenvalue weighted by atomic mass is 16.4. The molecular formula is C12H15N3O2. The summed E-state index contributed by atoms with van der Waals surface area (Å²) in [6, 6.07) is 5.57. The fourth-order valence-corrected chi connectivity index (χ4v) is 2.30. The summed E-state index contributed by atoms with van der Waals surface area (Å²) in [5.74, 6) is -1.12. The third kappa shape index (κ3) is 2.48. The second kappa shape index (κ2) is 5.02. The molecule has 1 aromatic rings. The Kier molecular flexibility index (Phi) is 3.45. The summed E-state index contributed by atoms with van der Waals surface area (Å²) in [7, 11) is 0. The summed E-state index contributed by atoms with van der Waals surface area (Å²) in [5, 5.41) is 18.2. The molecule has 0 aromatic carbocycles. The summed E-state index contributed by atoms with van der Waals surface area (Å²) < 4.78 is 0. The number of rotatable bonds is 3. The van der Waals surface area contributed by atoms with E-state index in [-0.39, 0.29) is 12.0 Å². The Morgan fingerprint density at radius 3 is 3.12 bits per heavy atom. The van der Waals surface area contributed by atoms with Crippen LogP contribution in [0.4, 0.5) is 0 Å². The molecule has 2 N–H and O–H groups in total. The van der Waals surface area contributed by atoms with Gasteiger partial charge >= 0.3 is 5.97 Å². The third-order valence-corrected chi connectivity index (χ3v) is 3.21. The lowest BCUT2D eigenvalue weighted by Gasteiger charge is -2.33. The van der Waals surface area contributed by atoms with E-state index in [1.165, 1.54) is 0 Å². The van der Waals surface area contributed by atoms with Gasteiger partial charge in [-0.1, -0.05) is 0 Å². The van der Waals surface area contributed by atoms with Gasteiger partial charge in [-0.05, 0) is 31.5 Å². The summed E-state index contributed by atoms with van der Waals surface area (Å²) >= 11 is 0. The first kappa shape index (κ1) is 11.7. The Balaban J connectivity index is 2.10. The van der Waals surface area contributed by atoms with E-state index in [0.717, 1.165) is 18.7 Å². The zero-order valence-corrected chi connectivity index (χ0v) is 9.47. The van der Waals surface area contributed by atoms with Crippen molar-refractivity contribution in [2.24, 2.45) is 5.92 Å². The number of carboxylic acid groups (broad SMARTS) is 1. The van der Waals surface area contributed by atoms with E-state index in [0.29, 0.717) is 13.0 Å². The largest absolute Gasteiger partial charge is 0.481 e. The van der Waals surface area contributed by atoms with Crippen molar-refractivity contribution in [3.05, 3.63) is 24.0 Å². The molecule has 90 valence electrons. The number of aromatic nitrogens is 1. The van der Waals surface area contributed by atoms with E-state index in [2.05, 4.69) is 11.1 Å². The van der Waals surface area contributed by atoms with Gasteiger partial charge in [0.25, 0.3) is 0 Å². The number of aromatic amines is 1. The minimum Gasteiger partial charge on any atom is -0.481 e. The second-order valence-corrected chi connectivity index (χ2v) is 4.33. The molecule has 1 aromatic heterocycles. The number of H-pyrrole nitrogens is 1. The molecule has 0 radical (unpaired) electrons. The lowest BCUT2D eigenvalue weighted by Crippen LogP contribution is -2.40. The van der Waals surface area contributed by atoms with E-state index < -0.39 is 5.97 Å². The molecule has 2 unspecified atom stereocenters. The van der Waals surface area contributed by atoms with Gasteiger partial charge in [0.05, 0.1) is 12.0 Å². The number of nitrogens with one attached hydrogen (secondary N) is 1. The number of carbonyl (C=O) groups is 1. The van der Waals surface area contributed by atoms with E-state index in [4.69, 9.17) is 5.11 Å². The van der Waals surface area contributed by atoms with Crippen molar-refractivity contribution in [2.45, 2.75) is 18.9 Å². The smallest absolute Gasteiger partial charge is 0.307 e. The molecule has 0 amide bonds. The SMILES string of the molecule is N#CC(c1ccc[nH]1)N1CCCC(C(=O)O)C1. The zero-order chi connectivity index (χ0) is 12.3. The molecule has 0 saturated carbocycles. The van der Waals surface area contributed by atoms with Crippen LogP contribution in [0.25, 0.3) is 0 Å². The van der Waals surface area contributed by atoms with E-state index >= 15 is 0 Å². The van der Waals surface area contributed by atoms with Crippen LogP contribution in [0.1, 0.15) is 24.6 Å². The highest BCUT2D eigenvalue weighted by Crippen LogP contribution is 2.25. The maximum Gasteiger partial charge on any atom is 0.307 e. The second-order valence-electron chi connectivity index (χ2n) is 4.33. The molecule has 2 heterocycles. The van der Waals surface area contributed by atoms with Crippen LogP contribution in [0.5, 0.6) is 0 Å². The predicted molar refractivity (Wildman–Crippen MR) is 61.1 cm³/mol. The predicted octanol–water partition coefficient (Wildman–Crippen LogP) is 1.38. The minimum absolute atomic E-state index is 0.352. The lowest BCUT2D eigenvalue weighted by molar-refractivity contribution is -0.143. The van der Waals surface area contributed by atoms with Crippen molar-refractivity contribution >= 4 is 5.97 Å². The Hall–Kier alpha value is -1.80. The van der Waals surface area contributed by atoms with Crippen LogP contribution in [0, 0.1) is 17.2 Å². The molecule has 0 aliphatic carbocycles. The Bertz CT molecular complexity index is 421. The van der Waals surface area contributed by atoms with Gasteiger partial charge in [0, 0.05) is 18.4 Å². The molecule has 2 atom stereocenters. The first-order chi connectivity index (χ1) is 8.22. The van der Waals surface area contributed by atoms with Gasteiger partial charge in [0.2, 0.25) is 0 Å². The molecule has 1 saturated heterocycles. The summed E-state index contributed by atoms with van der Waals surface area (Å²) in [5.41, 5.74) is 0.832. The van der Waals surface area contributed by atoms with Crippen LogP contribution < -0.4 is 0 Å². The molecule has 1 aliphatic rings. The molecule has 17 heavy (non-hydrogen) atoms. The molecule has 1 aliphatic heterocycles. The molecule has 5 nitrogen and oxygen atoms in total. The van der Waals surface area contributed by atoms with Crippen LogP contribution >= 0.6 is 0 Å². The number of nitrogens with zero attached hydrogens (tertiary/aromatic N) is 2. The zero-order valence-electron chi connectivity index (χ0n) is 9.47. The first-order valence-electron chi connectivity index (χ1n) is 5.72. The fraction of sp³-hybridized carbons (Fsp3) is 0.500. The Morgan fingerprint density at radius 1 is 1.71 bits per heavy atom. The van der Waals surface area contributed by atoms with Crippen molar-refractivity contribution in [1.82, 2.24) is 9.88 Å². The molecule has 1 fully saturated rings. The highest BCUT2D eigenvalue weighted by molar-refractivity contribution is 5.70. The molecule has 5 heteroatoms. The normalized spacial score (nSPS) is 22.9. The Morgan fingerprint density at radius 2 is 2.53 bits per heavy atom. The molecular weight excluding hydrogens is 218 g/mol. The monoisotopic (exact) mass is 233 g/mol. The van der Waals surface area contributed by atoms with Crippen LogP contribution in [-0.2, 0) is 4.79 Å². The summed E-state index contributed by atoms with van der Waals surface area (Å²) in [4.78, 5) is 15.9. The molecule has 2 rings (SSSR count). The maximum absolute atomic E-state index is 11.0. The van der Waals surface area contributed by atoms with Gasteiger partial charge < -0.3 is 10.1 Å². The number of carboxylic acids is 1. The number of hydrogen-bond acceptors (Lipinski definition) is 3. The third-order valence-electron chi connectivity index (χ3n) is 3.21.